The van der Waals surface area contributed by atoms with Crippen LogP contribution >= 0.6 is 0 Å². The van der Waals surface area contributed by atoms with E-state index in [-0.39, 0.29) is 6.09 Å². The molecule has 0 bridgehead atoms. The van der Waals surface area contributed by atoms with Crippen LogP contribution in [0.15, 0.2) is 30.5 Å². The number of nitrogens with zero attached hydrogens (tertiary/aromatic N) is 4. The van der Waals surface area contributed by atoms with Gasteiger partial charge in [0.2, 0.25) is 0 Å². The van der Waals surface area contributed by atoms with Crippen molar-refractivity contribution in [2.45, 2.75) is 71.1 Å². The topological polar surface area (TPSA) is 96.6 Å². The standard InChI is InChI=1S/C26H38N6O2/c1-26(2,3)34-25(33)32-13-11-31(12-14-32)24-16-19(18-27)15-22(30-24)20-9-10-28-23(17-20)29-21-7-5-4-6-8-21/h9-10,15-17,21H,4-8,11-14,18,27H2,1-3H3,(H,28,29). The Morgan fingerprint density at radius 3 is 2.53 bits per heavy atom. The van der Waals surface area contributed by atoms with Gasteiger partial charge in [0.25, 0.3) is 0 Å². The maximum Gasteiger partial charge on any atom is 0.410 e. The highest BCUT2D eigenvalue weighted by Crippen LogP contribution is 2.27. The molecule has 34 heavy (non-hydrogen) atoms. The molecule has 8 nitrogen and oxygen atoms in total. The van der Waals surface area contributed by atoms with Crippen LogP contribution in [-0.2, 0) is 11.3 Å². The molecular weight excluding hydrogens is 428 g/mol. The van der Waals surface area contributed by atoms with E-state index >= 15 is 0 Å². The van der Waals surface area contributed by atoms with Gasteiger partial charge >= 0.3 is 6.09 Å². The summed E-state index contributed by atoms with van der Waals surface area (Å²) in [5.41, 5.74) is 8.49. The lowest BCUT2D eigenvalue weighted by Crippen LogP contribution is -2.50. The largest absolute Gasteiger partial charge is 0.444 e. The van der Waals surface area contributed by atoms with Gasteiger partial charge in [0, 0.05) is 50.5 Å². The number of ether oxygens (including phenoxy) is 1. The van der Waals surface area contributed by atoms with Gasteiger partial charge in [-0.2, -0.15) is 0 Å². The first-order valence-electron chi connectivity index (χ1n) is 12.5. The summed E-state index contributed by atoms with van der Waals surface area (Å²) in [4.78, 5) is 25.9. The highest BCUT2D eigenvalue weighted by atomic mass is 16.6. The maximum absolute atomic E-state index is 12.4. The molecule has 1 aliphatic carbocycles. The minimum Gasteiger partial charge on any atom is -0.444 e. The van der Waals surface area contributed by atoms with Crippen LogP contribution < -0.4 is 16.0 Å². The first-order valence-corrected chi connectivity index (χ1v) is 12.5. The number of carbonyl (C=O) groups excluding carboxylic acids is 1. The van der Waals surface area contributed by atoms with Crippen LogP contribution in [0.4, 0.5) is 16.4 Å². The number of piperazine rings is 1. The Bertz CT molecular complexity index is 975. The summed E-state index contributed by atoms with van der Waals surface area (Å²) in [6, 6.07) is 8.69. The van der Waals surface area contributed by atoms with Crippen molar-refractivity contribution in [2.24, 2.45) is 5.73 Å². The second-order valence-corrected chi connectivity index (χ2v) is 10.3. The van der Waals surface area contributed by atoms with Crippen molar-refractivity contribution in [3.8, 4) is 11.3 Å². The zero-order valence-electron chi connectivity index (χ0n) is 20.7. The summed E-state index contributed by atoms with van der Waals surface area (Å²) >= 11 is 0. The molecule has 2 aliphatic rings. The average Bonchev–Trinajstić information content (AvgIpc) is 2.83. The maximum atomic E-state index is 12.4. The van der Waals surface area contributed by atoms with Crippen molar-refractivity contribution in [1.29, 1.82) is 0 Å². The van der Waals surface area contributed by atoms with E-state index in [0.717, 1.165) is 28.5 Å². The molecule has 2 fully saturated rings. The highest BCUT2D eigenvalue weighted by molar-refractivity contribution is 5.69. The number of hydrogen-bond donors (Lipinski definition) is 2. The molecule has 1 aliphatic heterocycles. The molecule has 1 saturated carbocycles. The summed E-state index contributed by atoms with van der Waals surface area (Å²) in [6.45, 7) is 8.71. The normalized spacial score (nSPS) is 17.5. The molecule has 2 aromatic heterocycles. The minimum atomic E-state index is -0.491. The van der Waals surface area contributed by atoms with Gasteiger partial charge in [-0.25, -0.2) is 14.8 Å². The molecule has 0 radical (unpaired) electrons. The monoisotopic (exact) mass is 466 g/mol. The Kier molecular flexibility index (Phi) is 7.56. The molecule has 8 heteroatoms. The average molecular weight is 467 g/mol. The molecule has 184 valence electrons. The summed E-state index contributed by atoms with van der Waals surface area (Å²) in [5.74, 6) is 1.79. The van der Waals surface area contributed by atoms with Gasteiger partial charge in [-0.05, 0) is 63.4 Å². The Hall–Kier alpha value is -2.87. The summed E-state index contributed by atoms with van der Waals surface area (Å²) in [7, 11) is 0. The van der Waals surface area contributed by atoms with Crippen molar-refractivity contribution in [3.63, 3.8) is 0 Å². The van der Waals surface area contributed by atoms with E-state index in [9.17, 15) is 4.79 Å². The van der Waals surface area contributed by atoms with E-state index in [4.69, 9.17) is 15.5 Å². The van der Waals surface area contributed by atoms with E-state index in [1.165, 1.54) is 32.1 Å². The minimum absolute atomic E-state index is 0.258. The number of nitrogens with one attached hydrogen (secondary N) is 1. The summed E-state index contributed by atoms with van der Waals surface area (Å²) in [6.07, 6.45) is 7.88. The fraction of sp³-hybridized carbons (Fsp3) is 0.577. The molecule has 1 saturated heterocycles. The predicted octanol–water partition coefficient (Wildman–Crippen LogP) is 4.40. The predicted molar refractivity (Wildman–Crippen MR) is 136 cm³/mol. The van der Waals surface area contributed by atoms with Crippen molar-refractivity contribution >= 4 is 17.7 Å². The number of nitrogens with two attached hydrogens (primary N) is 1. The summed E-state index contributed by atoms with van der Waals surface area (Å²) < 4.78 is 5.52. The van der Waals surface area contributed by atoms with Crippen molar-refractivity contribution in [1.82, 2.24) is 14.9 Å². The van der Waals surface area contributed by atoms with Crippen molar-refractivity contribution in [2.75, 3.05) is 36.4 Å². The van der Waals surface area contributed by atoms with E-state index in [1.807, 2.05) is 33.0 Å². The molecule has 0 unspecified atom stereocenters. The van der Waals surface area contributed by atoms with Crippen LogP contribution in [0.25, 0.3) is 11.3 Å². The van der Waals surface area contributed by atoms with Crippen LogP contribution in [0.3, 0.4) is 0 Å². The second-order valence-electron chi connectivity index (χ2n) is 10.3. The molecule has 0 aromatic carbocycles. The van der Waals surface area contributed by atoms with Gasteiger partial charge in [-0.1, -0.05) is 19.3 Å². The van der Waals surface area contributed by atoms with Gasteiger partial charge in [0.05, 0.1) is 5.69 Å². The summed E-state index contributed by atoms with van der Waals surface area (Å²) in [5, 5.41) is 3.61. The zero-order valence-corrected chi connectivity index (χ0v) is 20.7. The number of amides is 1. The van der Waals surface area contributed by atoms with Crippen LogP contribution in [0, 0.1) is 0 Å². The lowest BCUT2D eigenvalue weighted by atomic mass is 9.95. The Morgan fingerprint density at radius 2 is 1.85 bits per heavy atom. The Balaban J connectivity index is 1.47. The highest BCUT2D eigenvalue weighted by Gasteiger charge is 2.26. The number of rotatable bonds is 5. The second kappa shape index (κ2) is 10.6. The number of carbonyl (C=O) groups is 1. The number of hydrogen-bond acceptors (Lipinski definition) is 7. The van der Waals surface area contributed by atoms with E-state index in [1.54, 1.807) is 4.90 Å². The van der Waals surface area contributed by atoms with Crippen LogP contribution in [0.2, 0.25) is 0 Å². The lowest BCUT2D eigenvalue weighted by Gasteiger charge is -2.36. The smallest absolute Gasteiger partial charge is 0.410 e. The fourth-order valence-electron chi connectivity index (χ4n) is 4.57. The molecule has 2 aromatic rings. The van der Waals surface area contributed by atoms with E-state index in [2.05, 4.69) is 33.4 Å². The van der Waals surface area contributed by atoms with Gasteiger partial charge in [0.15, 0.2) is 0 Å². The molecule has 3 heterocycles. The number of pyridine rings is 2. The van der Waals surface area contributed by atoms with E-state index in [0.29, 0.717) is 38.8 Å². The first kappa shape index (κ1) is 24.3. The Labute approximate surface area is 202 Å². The van der Waals surface area contributed by atoms with Crippen molar-refractivity contribution < 1.29 is 9.53 Å². The third kappa shape index (κ3) is 6.38. The molecule has 3 N–H and O–H groups in total. The zero-order chi connectivity index (χ0) is 24.1. The molecular formula is C26H38N6O2. The van der Waals surface area contributed by atoms with Crippen LogP contribution in [0.5, 0.6) is 0 Å². The van der Waals surface area contributed by atoms with E-state index < -0.39 is 5.60 Å². The number of anilines is 2. The van der Waals surface area contributed by atoms with Crippen LogP contribution in [0.1, 0.15) is 58.4 Å². The molecule has 4 rings (SSSR count). The Morgan fingerprint density at radius 1 is 1.12 bits per heavy atom. The molecule has 0 spiro atoms. The third-order valence-corrected chi connectivity index (χ3v) is 6.38. The quantitative estimate of drug-likeness (QED) is 0.674. The molecule has 0 atom stereocenters. The van der Waals surface area contributed by atoms with Gasteiger partial charge in [-0.3, -0.25) is 0 Å². The third-order valence-electron chi connectivity index (χ3n) is 6.38. The van der Waals surface area contributed by atoms with Crippen molar-refractivity contribution in [3.05, 3.63) is 36.0 Å². The molecule has 1 amide bonds. The van der Waals surface area contributed by atoms with Gasteiger partial charge in [-0.15, -0.1) is 0 Å². The van der Waals surface area contributed by atoms with Crippen LogP contribution in [-0.4, -0.2) is 58.8 Å². The first-order chi connectivity index (χ1) is 16.3. The lowest BCUT2D eigenvalue weighted by molar-refractivity contribution is 0.0240. The SMILES string of the molecule is CC(C)(C)OC(=O)N1CCN(c2cc(CN)cc(-c3ccnc(NC4CCCCC4)c3)n2)CC1. The van der Waals surface area contributed by atoms with Gasteiger partial charge in [0.1, 0.15) is 17.2 Å². The fourth-order valence-corrected chi connectivity index (χ4v) is 4.57. The number of aromatic nitrogens is 2. The van der Waals surface area contributed by atoms with Gasteiger partial charge < -0.3 is 25.6 Å².